The highest BCUT2D eigenvalue weighted by molar-refractivity contribution is 6.39. The van der Waals surface area contributed by atoms with E-state index in [1.807, 2.05) is 48.5 Å². The van der Waals surface area contributed by atoms with E-state index in [-0.39, 0.29) is 11.9 Å². The van der Waals surface area contributed by atoms with Gasteiger partial charge in [0.1, 0.15) is 11.5 Å². The zero-order chi connectivity index (χ0) is 33.6. The first-order valence-electron chi connectivity index (χ1n) is 16.4. The number of ether oxygens (including phenoxy) is 2. The van der Waals surface area contributed by atoms with Crippen molar-refractivity contribution in [2.45, 2.75) is 64.0 Å². The van der Waals surface area contributed by atoms with Crippen LogP contribution < -0.4 is 20.1 Å². The summed E-state index contributed by atoms with van der Waals surface area (Å²) in [7, 11) is 3.19. The Kier molecular flexibility index (Phi) is 10.9. The molecule has 2 aliphatic rings. The Balaban J connectivity index is 1.20. The first kappa shape index (κ1) is 33.8. The quantitative estimate of drug-likeness (QED) is 0.151. The maximum Gasteiger partial charge on any atom is 0.237 e. The minimum absolute atomic E-state index is 0.137. The monoisotopic (exact) mass is 687 g/mol. The Morgan fingerprint density at radius 2 is 1.54 bits per heavy atom. The molecular formula is C37H39Cl2N5O4. The van der Waals surface area contributed by atoms with Crippen molar-refractivity contribution in [1.29, 1.82) is 0 Å². The number of hydrogen-bond donors (Lipinski definition) is 2. The van der Waals surface area contributed by atoms with Crippen LogP contribution in [0, 0.1) is 5.92 Å². The molecule has 1 amide bonds. The maximum atomic E-state index is 11.6. The number of carbonyl (C=O) groups excluding carboxylic acids is 2. The number of ketones is 1. The number of amides is 1. The standard InChI is InChI=1S/C37H39Cl2N5O4/c1-47-36-23(6-3-7-24-14-17-33(46)42-24)13-16-30(43-36)28-10-4-8-26(34(28)38)27-9-5-11-29(35(27)39)31-21-41-32(37(44-31)48-2)20-40-19-22-12-15-25(45)18-22/h4-5,8-11,13,16,21-22,24,40H,3,6-7,12,14-15,17-20H2,1-2H3,(H,42,46)/t22-,24-/m1/s1. The molecule has 0 radical (unpaired) electrons. The molecule has 4 aromatic rings. The molecular weight excluding hydrogens is 649 g/mol. The molecule has 2 fully saturated rings. The van der Waals surface area contributed by atoms with E-state index in [9.17, 15) is 9.59 Å². The van der Waals surface area contributed by atoms with Crippen molar-refractivity contribution < 1.29 is 19.1 Å². The second-order valence-corrected chi connectivity index (χ2v) is 13.1. The van der Waals surface area contributed by atoms with Gasteiger partial charge >= 0.3 is 0 Å². The van der Waals surface area contributed by atoms with Crippen LogP contribution in [0.5, 0.6) is 11.8 Å². The minimum atomic E-state index is 0.137. The van der Waals surface area contributed by atoms with Gasteiger partial charge in [-0.25, -0.2) is 9.97 Å². The SMILES string of the molecule is COc1nc(-c2cccc(-c3cccc(-c4cnc(CNC[C@@H]5CCC(=O)C5)c(OC)n4)c3Cl)c2Cl)ccc1CCC[C@@H]1CCC(=O)N1. The Morgan fingerprint density at radius 1 is 0.854 bits per heavy atom. The van der Waals surface area contributed by atoms with Crippen LogP contribution in [-0.4, -0.2) is 53.4 Å². The van der Waals surface area contributed by atoms with Crippen LogP contribution in [0.1, 0.15) is 56.2 Å². The summed E-state index contributed by atoms with van der Waals surface area (Å²) in [5.74, 6) is 1.81. The van der Waals surface area contributed by atoms with Crippen LogP contribution >= 0.6 is 23.2 Å². The third kappa shape index (κ3) is 7.64. The first-order valence-corrected chi connectivity index (χ1v) is 17.1. The Labute approximate surface area is 290 Å². The van der Waals surface area contributed by atoms with Crippen LogP contribution in [0.3, 0.4) is 0 Å². The van der Waals surface area contributed by atoms with E-state index in [0.717, 1.165) is 60.9 Å². The Bertz CT molecular complexity index is 1690. The van der Waals surface area contributed by atoms with Gasteiger partial charge in [0, 0.05) is 59.7 Å². The number of methoxy groups -OCH3 is 2. The molecule has 9 nitrogen and oxygen atoms in total. The van der Waals surface area contributed by atoms with Gasteiger partial charge in [0.15, 0.2) is 0 Å². The normalized spacial score (nSPS) is 17.5. The van der Waals surface area contributed by atoms with Crippen LogP contribution in [0.2, 0.25) is 10.0 Å². The summed E-state index contributed by atoms with van der Waals surface area (Å²) in [5, 5.41) is 7.43. The molecule has 6 rings (SSSR count). The lowest BCUT2D eigenvalue weighted by Crippen LogP contribution is -2.25. The number of Topliss-reactive ketones (excluding diaryl/α,β-unsaturated/α-hetero) is 1. The van der Waals surface area contributed by atoms with Crippen molar-refractivity contribution in [2.75, 3.05) is 20.8 Å². The molecule has 2 aromatic heterocycles. The molecule has 250 valence electrons. The summed E-state index contributed by atoms with van der Waals surface area (Å²) in [4.78, 5) is 37.3. The number of aryl methyl sites for hydroxylation is 1. The number of benzene rings is 2. The number of carbonyl (C=O) groups is 2. The van der Waals surface area contributed by atoms with E-state index in [1.165, 1.54) is 0 Å². The van der Waals surface area contributed by atoms with Gasteiger partial charge in [-0.1, -0.05) is 65.7 Å². The predicted octanol–water partition coefficient (Wildman–Crippen LogP) is 7.26. The van der Waals surface area contributed by atoms with E-state index in [0.29, 0.717) is 82.0 Å². The number of rotatable bonds is 13. The topological polar surface area (TPSA) is 115 Å². The van der Waals surface area contributed by atoms with Crippen molar-refractivity contribution in [3.8, 4) is 45.4 Å². The Morgan fingerprint density at radius 3 is 2.19 bits per heavy atom. The van der Waals surface area contributed by atoms with Crippen molar-refractivity contribution >= 4 is 34.9 Å². The first-order chi connectivity index (χ1) is 23.3. The molecule has 0 bridgehead atoms. The van der Waals surface area contributed by atoms with E-state index in [1.54, 1.807) is 20.4 Å². The lowest BCUT2D eigenvalue weighted by atomic mass is 9.98. The highest BCUT2D eigenvalue weighted by Gasteiger charge is 2.23. The number of nitrogens with one attached hydrogen (secondary N) is 2. The molecule has 2 N–H and O–H groups in total. The largest absolute Gasteiger partial charge is 0.481 e. The number of halogens is 2. The van der Waals surface area contributed by atoms with Gasteiger partial charge in [-0.05, 0) is 50.6 Å². The fourth-order valence-corrected chi connectivity index (χ4v) is 7.22. The van der Waals surface area contributed by atoms with Gasteiger partial charge in [0.2, 0.25) is 17.7 Å². The molecule has 3 heterocycles. The number of nitrogens with zero attached hydrogens (tertiary/aromatic N) is 3. The Hall–Kier alpha value is -4.05. The van der Waals surface area contributed by atoms with Crippen molar-refractivity contribution in [2.24, 2.45) is 5.92 Å². The maximum absolute atomic E-state index is 11.6. The van der Waals surface area contributed by atoms with Crippen LogP contribution in [-0.2, 0) is 22.6 Å². The highest BCUT2D eigenvalue weighted by Crippen LogP contribution is 2.42. The summed E-state index contributed by atoms with van der Waals surface area (Å²) in [6.45, 7) is 1.23. The van der Waals surface area contributed by atoms with Crippen molar-refractivity contribution in [3.05, 3.63) is 76.0 Å². The molecule has 1 aliphatic heterocycles. The summed E-state index contributed by atoms with van der Waals surface area (Å²) in [5.41, 5.74) is 5.94. The van der Waals surface area contributed by atoms with E-state index in [4.69, 9.17) is 42.6 Å². The van der Waals surface area contributed by atoms with Crippen molar-refractivity contribution in [3.63, 3.8) is 0 Å². The fraction of sp³-hybridized carbons (Fsp3) is 0.378. The molecule has 1 saturated heterocycles. The molecule has 1 saturated carbocycles. The smallest absolute Gasteiger partial charge is 0.237 e. The van der Waals surface area contributed by atoms with Gasteiger partial charge in [-0.15, -0.1) is 0 Å². The number of aromatic nitrogens is 3. The average molecular weight is 689 g/mol. The zero-order valence-electron chi connectivity index (χ0n) is 27.2. The lowest BCUT2D eigenvalue weighted by Gasteiger charge is -2.15. The van der Waals surface area contributed by atoms with Gasteiger partial charge in [0.05, 0.1) is 41.8 Å². The summed E-state index contributed by atoms with van der Waals surface area (Å²) < 4.78 is 11.3. The van der Waals surface area contributed by atoms with Gasteiger partial charge in [0.25, 0.3) is 0 Å². The van der Waals surface area contributed by atoms with Gasteiger partial charge in [-0.3, -0.25) is 14.6 Å². The zero-order valence-corrected chi connectivity index (χ0v) is 28.7. The summed E-state index contributed by atoms with van der Waals surface area (Å²) in [6, 6.07) is 15.8. The second-order valence-electron chi connectivity index (χ2n) is 12.4. The van der Waals surface area contributed by atoms with E-state index in [2.05, 4.69) is 15.6 Å². The van der Waals surface area contributed by atoms with Crippen molar-refractivity contribution in [1.82, 2.24) is 25.6 Å². The van der Waals surface area contributed by atoms with E-state index >= 15 is 0 Å². The van der Waals surface area contributed by atoms with Crippen LogP contribution in [0.15, 0.2) is 54.7 Å². The van der Waals surface area contributed by atoms with Crippen LogP contribution in [0.25, 0.3) is 33.6 Å². The summed E-state index contributed by atoms with van der Waals surface area (Å²) >= 11 is 14.1. The highest BCUT2D eigenvalue weighted by atomic mass is 35.5. The lowest BCUT2D eigenvalue weighted by molar-refractivity contribution is -0.119. The molecule has 2 atom stereocenters. The summed E-state index contributed by atoms with van der Waals surface area (Å²) in [6.07, 6.45) is 8.08. The molecule has 11 heteroatoms. The fourth-order valence-electron chi connectivity index (χ4n) is 6.57. The molecule has 48 heavy (non-hydrogen) atoms. The minimum Gasteiger partial charge on any atom is -0.481 e. The van der Waals surface area contributed by atoms with Crippen LogP contribution in [0.4, 0.5) is 0 Å². The third-order valence-corrected chi connectivity index (χ3v) is 9.95. The molecule has 0 unspecified atom stereocenters. The third-order valence-electron chi connectivity index (χ3n) is 9.13. The number of pyridine rings is 1. The molecule has 1 aliphatic carbocycles. The van der Waals surface area contributed by atoms with Gasteiger partial charge < -0.3 is 20.1 Å². The molecule has 2 aromatic carbocycles. The average Bonchev–Trinajstić information content (AvgIpc) is 3.72. The predicted molar refractivity (Wildman–Crippen MR) is 187 cm³/mol. The van der Waals surface area contributed by atoms with E-state index < -0.39 is 0 Å². The second kappa shape index (κ2) is 15.4. The number of hydrogen-bond acceptors (Lipinski definition) is 8. The molecule has 0 spiro atoms. The van der Waals surface area contributed by atoms with Gasteiger partial charge in [-0.2, -0.15) is 0 Å².